The molecule has 1 aliphatic heterocycles. The van der Waals surface area contributed by atoms with Crippen LogP contribution in [0.3, 0.4) is 0 Å². The second-order valence-electron chi connectivity index (χ2n) is 5.89. The van der Waals surface area contributed by atoms with Crippen LogP contribution in [0.5, 0.6) is 0 Å². The van der Waals surface area contributed by atoms with Gasteiger partial charge in [0.05, 0.1) is 0 Å². The number of hydrogen-bond donors (Lipinski definition) is 1. The molecule has 1 aromatic heterocycles. The second kappa shape index (κ2) is 7.27. The van der Waals surface area contributed by atoms with E-state index in [4.69, 9.17) is 0 Å². The predicted molar refractivity (Wildman–Crippen MR) is 93.2 cm³/mol. The van der Waals surface area contributed by atoms with Gasteiger partial charge in [-0.1, -0.05) is 31.5 Å². The molecule has 0 saturated heterocycles. The zero-order chi connectivity index (χ0) is 16.1. The van der Waals surface area contributed by atoms with E-state index in [1.54, 1.807) is 6.20 Å². The van der Waals surface area contributed by atoms with Crippen LogP contribution in [-0.4, -0.2) is 24.0 Å². The monoisotopic (exact) mass is 309 g/mol. The van der Waals surface area contributed by atoms with E-state index in [0.717, 1.165) is 37.9 Å². The van der Waals surface area contributed by atoms with Crippen molar-refractivity contribution < 1.29 is 4.79 Å². The van der Waals surface area contributed by atoms with E-state index in [1.807, 2.05) is 12.1 Å². The van der Waals surface area contributed by atoms with Crippen LogP contribution in [0.25, 0.3) is 0 Å². The highest BCUT2D eigenvalue weighted by Crippen LogP contribution is 2.33. The number of nitrogens with one attached hydrogen (secondary N) is 1. The van der Waals surface area contributed by atoms with Gasteiger partial charge in [-0.25, -0.2) is 0 Å². The van der Waals surface area contributed by atoms with E-state index in [1.165, 1.54) is 11.3 Å². The lowest BCUT2D eigenvalue weighted by Crippen LogP contribution is -2.27. The van der Waals surface area contributed by atoms with Crippen LogP contribution >= 0.6 is 0 Å². The minimum Gasteiger partial charge on any atom is -0.351 e. The molecule has 0 unspecified atom stereocenters. The lowest BCUT2D eigenvalue weighted by atomic mass is 10.0. The number of para-hydroxylation sites is 1. The van der Waals surface area contributed by atoms with Gasteiger partial charge >= 0.3 is 0 Å². The molecule has 1 amide bonds. The SMILES string of the molecule is CCCCNC(=O)c1cc(N2CCCc3ccccc32)ccn1. The van der Waals surface area contributed by atoms with Crippen molar-refractivity contribution in [1.29, 1.82) is 0 Å². The summed E-state index contributed by atoms with van der Waals surface area (Å²) in [6, 6.07) is 12.4. The van der Waals surface area contributed by atoms with Gasteiger partial charge in [-0.05, 0) is 43.0 Å². The van der Waals surface area contributed by atoms with E-state index in [0.29, 0.717) is 12.2 Å². The summed E-state index contributed by atoms with van der Waals surface area (Å²) in [6.07, 6.45) is 6.02. The number of rotatable bonds is 5. The largest absolute Gasteiger partial charge is 0.351 e. The number of fused-ring (bicyclic) bond motifs is 1. The summed E-state index contributed by atoms with van der Waals surface area (Å²) in [7, 11) is 0. The van der Waals surface area contributed by atoms with E-state index in [-0.39, 0.29) is 5.91 Å². The molecule has 0 radical (unpaired) electrons. The Hall–Kier alpha value is -2.36. The molecule has 2 aromatic rings. The molecule has 23 heavy (non-hydrogen) atoms. The Kier molecular flexibility index (Phi) is 4.91. The summed E-state index contributed by atoms with van der Waals surface area (Å²) in [5, 5.41) is 2.93. The molecule has 1 aliphatic rings. The van der Waals surface area contributed by atoms with Gasteiger partial charge in [-0.15, -0.1) is 0 Å². The Labute approximate surface area is 137 Å². The van der Waals surface area contributed by atoms with Gasteiger partial charge in [0.15, 0.2) is 0 Å². The van der Waals surface area contributed by atoms with Gasteiger partial charge < -0.3 is 10.2 Å². The summed E-state index contributed by atoms with van der Waals surface area (Å²) in [4.78, 5) is 18.7. The zero-order valence-corrected chi connectivity index (χ0v) is 13.6. The van der Waals surface area contributed by atoms with Crippen molar-refractivity contribution in [2.24, 2.45) is 0 Å². The van der Waals surface area contributed by atoms with Gasteiger partial charge in [-0.3, -0.25) is 9.78 Å². The molecule has 0 spiro atoms. The Morgan fingerprint density at radius 1 is 1.30 bits per heavy atom. The Morgan fingerprint density at radius 3 is 3.04 bits per heavy atom. The van der Waals surface area contributed by atoms with Crippen molar-refractivity contribution in [2.45, 2.75) is 32.6 Å². The maximum absolute atomic E-state index is 12.2. The number of hydrogen-bond acceptors (Lipinski definition) is 3. The molecule has 0 aliphatic carbocycles. The third-order valence-corrected chi connectivity index (χ3v) is 4.21. The Bertz CT molecular complexity index is 684. The molecule has 0 saturated carbocycles. The van der Waals surface area contributed by atoms with Gasteiger partial charge in [0.2, 0.25) is 0 Å². The molecular formula is C19H23N3O. The summed E-state index contributed by atoms with van der Waals surface area (Å²) in [5.41, 5.74) is 4.13. The molecule has 4 nitrogen and oxygen atoms in total. The Morgan fingerprint density at radius 2 is 2.17 bits per heavy atom. The number of unbranched alkanes of at least 4 members (excludes halogenated alkanes) is 1. The Balaban J connectivity index is 1.82. The summed E-state index contributed by atoms with van der Waals surface area (Å²) < 4.78 is 0. The van der Waals surface area contributed by atoms with Crippen LogP contribution in [0, 0.1) is 0 Å². The number of pyridine rings is 1. The first-order chi connectivity index (χ1) is 11.3. The van der Waals surface area contributed by atoms with Crippen molar-refractivity contribution in [3.63, 3.8) is 0 Å². The van der Waals surface area contributed by atoms with Crippen molar-refractivity contribution in [3.8, 4) is 0 Å². The van der Waals surface area contributed by atoms with E-state index >= 15 is 0 Å². The van der Waals surface area contributed by atoms with Gasteiger partial charge in [-0.2, -0.15) is 0 Å². The van der Waals surface area contributed by atoms with Crippen LogP contribution < -0.4 is 10.2 Å². The number of amides is 1. The standard InChI is InChI=1S/C19H23N3O/c1-2-3-11-21-19(23)17-14-16(10-12-20-17)22-13-6-8-15-7-4-5-9-18(15)22/h4-5,7,9-10,12,14H,2-3,6,8,11,13H2,1H3,(H,21,23). The van der Waals surface area contributed by atoms with E-state index in [9.17, 15) is 4.79 Å². The van der Waals surface area contributed by atoms with Crippen LogP contribution in [0.4, 0.5) is 11.4 Å². The van der Waals surface area contributed by atoms with Crippen LogP contribution in [0.1, 0.15) is 42.2 Å². The zero-order valence-electron chi connectivity index (χ0n) is 13.6. The smallest absolute Gasteiger partial charge is 0.269 e. The predicted octanol–water partition coefficient (Wildman–Crippen LogP) is 3.70. The quantitative estimate of drug-likeness (QED) is 0.857. The number of nitrogens with zero attached hydrogens (tertiary/aromatic N) is 2. The summed E-state index contributed by atoms with van der Waals surface area (Å²) in [5.74, 6) is -0.0920. The minimum absolute atomic E-state index is 0.0920. The number of carbonyl (C=O) groups is 1. The van der Waals surface area contributed by atoms with Crippen LogP contribution in [0.2, 0.25) is 0 Å². The summed E-state index contributed by atoms with van der Waals surface area (Å²) >= 11 is 0. The lowest BCUT2D eigenvalue weighted by molar-refractivity contribution is 0.0948. The molecule has 0 bridgehead atoms. The molecule has 1 aromatic carbocycles. The topological polar surface area (TPSA) is 45.2 Å². The van der Waals surface area contributed by atoms with Gasteiger partial charge in [0.25, 0.3) is 5.91 Å². The number of carbonyl (C=O) groups excluding carboxylic acids is 1. The molecule has 0 atom stereocenters. The number of aromatic nitrogens is 1. The minimum atomic E-state index is -0.0920. The second-order valence-corrected chi connectivity index (χ2v) is 5.89. The van der Waals surface area contributed by atoms with Gasteiger partial charge in [0.1, 0.15) is 5.69 Å². The van der Waals surface area contributed by atoms with Crippen LogP contribution in [-0.2, 0) is 6.42 Å². The van der Waals surface area contributed by atoms with Crippen molar-refractivity contribution in [3.05, 3.63) is 53.9 Å². The third kappa shape index (κ3) is 3.52. The number of aryl methyl sites for hydroxylation is 1. The molecule has 2 heterocycles. The molecule has 1 N–H and O–H groups in total. The highest BCUT2D eigenvalue weighted by molar-refractivity contribution is 5.93. The van der Waals surface area contributed by atoms with Crippen LogP contribution in [0.15, 0.2) is 42.6 Å². The highest BCUT2D eigenvalue weighted by Gasteiger charge is 2.19. The first-order valence-corrected chi connectivity index (χ1v) is 8.39. The lowest BCUT2D eigenvalue weighted by Gasteiger charge is -2.31. The van der Waals surface area contributed by atoms with Crippen molar-refractivity contribution >= 4 is 17.3 Å². The average Bonchev–Trinajstić information content (AvgIpc) is 2.61. The molecule has 0 fully saturated rings. The van der Waals surface area contributed by atoms with E-state index in [2.05, 4.69) is 46.4 Å². The number of anilines is 2. The first kappa shape index (κ1) is 15.5. The summed E-state index contributed by atoms with van der Waals surface area (Å²) in [6.45, 7) is 3.78. The van der Waals surface area contributed by atoms with Crippen molar-refractivity contribution in [2.75, 3.05) is 18.0 Å². The fraction of sp³-hybridized carbons (Fsp3) is 0.368. The maximum atomic E-state index is 12.2. The number of benzene rings is 1. The van der Waals surface area contributed by atoms with Crippen molar-refractivity contribution in [1.82, 2.24) is 10.3 Å². The fourth-order valence-electron chi connectivity index (χ4n) is 2.98. The molecule has 4 heteroatoms. The average molecular weight is 309 g/mol. The van der Waals surface area contributed by atoms with E-state index < -0.39 is 0 Å². The molecule has 120 valence electrons. The third-order valence-electron chi connectivity index (χ3n) is 4.21. The fourth-order valence-corrected chi connectivity index (χ4v) is 2.98. The normalized spacial score (nSPS) is 13.5. The maximum Gasteiger partial charge on any atom is 0.269 e. The highest BCUT2D eigenvalue weighted by atomic mass is 16.1. The first-order valence-electron chi connectivity index (χ1n) is 8.39. The molecular weight excluding hydrogens is 286 g/mol. The van der Waals surface area contributed by atoms with Gasteiger partial charge in [0, 0.05) is 30.7 Å². The molecule has 3 rings (SSSR count).